The Labute approximate surface area is 96.4 Å². The Hall–Kier alpha value is -1.26. The number of carboxylic acid groups (broad SMARTS) is 1. The first-order chi connectivity index (χ1) is 7.22. The molecule has 0 bridgehead atoms. The number of nitrogens with zero attached hydrogens (tertiary/aromatic N) is 1. The molecule has 1 amide bonds. The van der Waals surface area contributed by atoms with E-state index in [4.69, 9.17) is 9.84 Å². The Bertz CT molecular complexity index is 257. The van der Waals surface area contributed by atoms with Crippen LogP contribution in [-0.4, -0.2) is 40.3 Å². The minimum atomic E-state index is -1.00. The van der Waals surface area contributed by atoms with E-state index < -0.39 is 23.7 Å². The molecule has 1 N–H and O–H groups in total. The molecule has 0 spiro atoms. The molecule has 0 aromatic heterocycles. The maximum atomic E-state index is 11.7. The van der Waals surface area contributed by atoms with Gasteiger partial charge in [0.05, 0.1) is 0 Å². The molecule has 1 atom stereocenters. The lowest BCUT2D eigenvalue weighted by Crippen LogP contribution is -2.46. The summed E-state index contributed by atoms with van der Waals surface area (Å²) in [6.07, 6.45) is -0.216. The molecule has 0 saturated carbocycles. The van der Waals surface area contributed by atoms with Gasteiger partial charge in [-0.1, -0.05) is 6.92 Å². The first-order valence-electron chi connectivity index (χ1n) is 5.45. The van der Waals surface area contributed by atoms with Crippen LogP contribution in [-0.2, 0) is 9.53 Å². The van der Waals surface area contributed by atoms with Gasteiger partial charge >= 0.3 is 12.1 Å². The monoisotopic (exact) mass is 231 g/mol. The number of hydrogen-bond donors (Lipinski definition) is 1. The molecular weight excluding hydrogens is 210 g/mol. The highest BCUT2D eigenvalue weighted by atomic mass is 16.6. The molecule has 0 rings (SSSR count). The lowest BCUT2D eigenvalue weighted by atomic mass is 10.2. The van der Waals surface area contributed by atoms with Gasteiger partial charge in [-0.15, -0.1) is 0 Å². The molecule has 0 heterocycles. The number of carbonyl (C=O) groups is 2. The Morgan fingerprint density at radius 1 is 1.31 bits per heavy atom. The van der Waals surface area contributed by atoms with Gasteiger partial charge in [0.15, 0.2) is 0 Å². The number of ether oxygens (including phenoxy) is 1. The molecule has 5 nitrogen and oxygen atoms in total. The quantitative estimate of drug-likeness (QED) is 0.804. The van der Waals surface area contributed by atoms with Gasteiger partial charge in [0.2, 0.25) is 0 Å². The Morgan fingerprint density at radius 3 is 2.06 bits per heavy atom. The molecule has 0 aliphatic rings. The van der Waals surface area contributed by atoms with Gasteiger partial charge < -0.3 is 9.84 Å². The molecule has 0 aliphatic heterocycles. The highest BCUT2D eigenvalue weighted by Crippen LogP contribution is 2.13. The highest BCUT2D eigenvalue weighted by molar-refractivity contribution is 5.80. The van der Waals surface area contributed by atoms with Crippen molar-refractivity contribution < 1.29 is 19.4 Å². The fourth-order valence-electron chi connectivity index (χ4n) is 1.33. The lowest BCUT2D eigenvalue weighted by molar-refractivity contribution is -0.143. The molecule has 0 aromatic carbocycles. The van der Waals surface area contributed by atoms with Crippen LogP contribution >= 0.6 is 0 Å². The minimum absolute atomic E-state index is 0.319. The van der Waals surface area contributed by atoms with E-state index in [0.717, 1.165) is 0 Å². The fourth-order valence-corrected chi connectivity index (χ4v) is 1.33. The summed E-state index contributed by atoms with van der Waals surface area (Å²) in [5.74, 6) is -1.00. The summed E-state index contributed by atoms with van der Waals surface area (Å²) in [5.41, 5.74) is -0.610. The Kier molecular flexibility index (Phi) is 5.27. The van der Waals surface area contributed by atoms with Crippen molar-refractivity contribution in [1.82, 2.24) is 4.90 Å². The summed E-state index contributed by atoms with van der Waals surface area (Å²) < 4.78 is 5.15. The van der Waals surface area contributed by atoms with E-state index in [1.165, 1.54) is 4.90 Å². The first kappa shape index (κ1) is 14.7. The third-order valence-electron chi connectivity index (χ3n) is 2.02. The summed E-state index contributed by atoms with van der Waals surface area (Å²) >= 11 is 0. The van der Waals surface area contributed by atoms with E-state index in [-0.39, 0.29) is 0 Å². The van der Waals surface area contributed by atoms with Crippen LogP contribution in [0.4, 0.5) is 4.79 Å². The molecule has 0 aliphatic carbocycles. The fraction of sp³-hybridized carbons (Fsp3) is 0.818. The van der Waals surface area contributed by atoms with Crippen molar-refractivity contribution in [2.75, 3.05) is 6.54 Å². The SMILES string of the molecule is CC[C@H](C(=O)O)N(CC)C(=O)OC(C)(C)C. The summed E-state index contributed by atoms with van der Waals surface area (Å²) in [6, 6.07) is -0.820. The van der Waals surface area contributed by atoms with Crippen LogP contribution in [0.2, 0.25) is 0 Å². The molecule has 0 radical (unpaired) electrons. The molecule has 94 valence electrons. The van der Waals surface area contributed by atoms with Crippen LogP contribution in [0.25, 0.3) is 0 Å². The van der Waals surface area contributed by atoms with Crippen LogP contribution in [0, 0.1) is 0 Å². The van der Waals surface area contributed by atoms with E-state index in [9.17, 15) is 9.59 Å². The van der Waals surface area contributed by atoms with Crippen molar-refractivity contribution in [2.24, 2.45) is 0 Å². The number of amides is 1. The molecular formula is C11H21NO4. The van der Waals surface area contributed by atoms with Crippen molar-refractivity contribution in [3.05, 3.63) is 0 Å². The van der Waals surface area contributed by atoms with Gasteiger partial charge in [-0.25, -0.2) is 9.59 Å². The summed E-state index contributed by atoms with van der Waals surface area (Å²) in [5, 5.41) is 8.97. The zero-order valence-corrected chi connectivity index (χ0v) is 10.6. The van der Waals surface area contributed by atoms with E-state index in [2.05, 4.69) is 0 Å². The van der Waals surface area contributed by atoms with Crippen molar-refractivity contribution in [2.45, 2.75) is 52.7 Å². The van der Waals surface area contributed by atoms with Crippen molar-refractivity contribution >= 4 is 12.1 Å². The second kappa shape index (κ2) is 5.72. The third kappa shape index (κ3) is 4.51. The van der Waals surface area contributed by atoms with E-state index in [0.29, 0.717) is 13.0 Å². The predicted octanol–water partition coefficient (Wildman–Crippen LogP) is 2.11. The second-order valence-electron chi connectivity index (χ2n) is 4.53. The molecule has 0 aromatic rings. The van der Waals surface area contributed by atoms with E-state index in [1.807, 2.05) is 0 Å². The molecule has 16 heavy (non-hydrogen) atoms. The maximum absolute atomic E-state index is 11.7. The van der Waals surface area contributed by atoms with Gasteiger partial charge in [-0.05, 0) is 34.1 Å². The smallest absolute Gasteiger partial charge is 0.411 e. The first-order valence-corrected chi connectivity index (χ1v) is 5.45. The third-order valence-corrected chi connectivity index (χ3v) is 2.02. The Morgan fingerprint density at radius 2 is 1.81 bits per heavy atom. The highest BCUT2D eigenvalue weighted by Gasteiger charge is 2.30. The van der Waals surface area contributed by atoms with Crippen molar-refractivity contribution in [1.29, 1.82) is 0 Å². The normalized spacial score (nSPS) is 13.1. The largest absolute Gasteiger partial charge is 0.480 e. The topological polar surface area (TPSA) is 66.8 Å². The average molecular weight is 231 g/mol. The van der Waals surface area contributed by atoms with Gasteiger partial charge in [0, 0.05) is 6.54 Å². The zero-order valence-electron chi connectivity index (χ0n) is 10.6. The standard InChI is InChI=1S/C11H21NO4/c1-6-8(9(13)14)12(7-2)10(15)16-11(3,4)5/h8H,6-7H2,1-5H3,(H,13,14)/t8-/m1/s1. The van der Waals surface area contributed by atoms with Gasteiger partial charge in [0.1, 0.15) is 11.6 Å². The number of carbonyl (C=O) groups excluding carboxylic acids is 1. The summed E-state index contributed by atoms with van der Waals surface area (Å²) in [6.45, 7) is 9.03. The van der Waals surface area contributed by atoms with E-state index >= 15 is 0 Å². The minimum Gasteiger partial charge on any atom is -0.480 e. The summed E-state index contributed by atoms with van der Waals surface area (Å²) in [4.78, 5) is 23.9. The number of carboxylic acids is 1. The van der Waals surface area contributed by atoms with E-state index in [1.54, 1.807) is 34.6 Å². The molecule has 0 saturated heterocycles. The van der Waals surface area contributed by atoms with Crippen molar-refractivity contribution in [3.63, 3.8) is 0 Å². The average Bonchev–Trinajstić information content (AvgIpc) is 2.09. The van der Waals surface area contributed by atoms with Gasteiger partial charge in [-0.2, -0.15) is 0 Å². The predicted molar refractivity (Wildman–Crippen MR) is 60.3 cm³/mol. The van der Waals surface area contributed by atoms with Crippen LogP contribution in [0.15, 0.2) is 0 Å². The number of rotatable bonds is 4. The number of hydrogen-bond acceptors (Lipinski definition) is 3. The van der Waals surface area contributed by atoms with Crippen LogP contribution < -0.4 is 0 Å². The van der Waals surface area contributed by atoms with Crippen molar-refractivity contribution in [3.8, 4) is 0 Å². The molecule has 0 unspecified atom stereocenters. The molecule has 0 fully saturated rings. The zero-order chi connectivity index (χ0) is 12.9. The lowest BCUT2D eigenvalue weighted by Gasteiger charge is -2.30. The number of aliphatic carboxylic acids is 1. The number of likely N-dealkylation sites (N-methyl/N-ethyl adjacent to an activating group) is 1. The van der Waals surface area contributed by atoms with Crippen LogP contribution in [0.3, 0.4) is 0 Å². The molecule has 5 heteroatoms. The summed E-state index contributed by atoms with van der Waals surface area (Å²) in [7, 11) is 0. The van der Waals surface area contributed by atoms with Crippen LogP contribution in [0.5, 0.6) is 0 Å². The van der Waals surface area contributed by atoms with Gasteiger partial charge in [0.25, 0.3) is 0 Å². The second-order valence-corrected chi connectivity index (χ2v) is 4.53. The Balaban J connectivity index is 4.71. The van der Waals surface area contributed by atoms with Crippen LogP contribution in [0.1, 0.15) is 41.0 Å². The maximum Gasteiger partial charge on any atom is 0.411 e. The van der Waals surface area contributed by atoms with Gasteiger partial charge in [-0.3, -0.25) is 4.90 Å².